The molecular weight excluding hydrogens is 391 g/mol. The molecule has 152 valence electrons. The summed E-state index contributed by atoms with van der Waals surface area (Å²) in [6.07, 6.45) is -1.88. The lowest BCUT2D eigenvalue weighted by Gasteiger charge is -2.31. The fourth-order valence-corrected chi connectivity index (χ4v) is 5.01. The molecule has 0 saturated heterocycles. The molecule has 7 heteroatoms. The second-order valence-corrected chi connectivity index (χ2v) is 7.90. The molecule has 0 unspecified atom stereocenters. The van der Waals surface area contributed by atoms with Crippen LogP contribution >= 0.6 is 0 Å². The van der Waals surface area contributed by atoms with E-state index in [1.54, 1.807) is 18.3 Å². The Hall–Kier alpha value is -3.11. The Morgan fingerprint density at radius 3 is 2.67 bits per heavy atom. The van der Waals surface area contributed by atoms with Gasteiger partial charge in [-0.15, -0.1) is 0 Å². The van der Waals surface area contributed by atoms with Gasteiger partial charge in [-0.3, -0.25) is 5.10 Å². The van der Waals surface area contributed by atoms with Crippen molar-refractivity contribution in [1.82, 2.24) is 10.2 Å². The molecule has 0 aliphatic heterocycles. The highest BCUT2D eigenvalue weighted by Gasteiger charge is 2.39. The molecule has 2 aliphatic rings. The van der Waals surface area contributed by atoms with Gasteiger partial charge in [0, 0.05) is 24.1 Å². The number of halogens is 3. The fourth-order valence-electron chi connectivity index (χ4n) is 5.01. The van der Waals surface area contributed by atoms with Crippen molar-refractivity contribution in [1.29, 1.82) is 5.26 Å². The molecule has 1 heterocycles. The number of aliphatic hydroxyl groups excluding tert-OH is 1. The molecule has 2 aliphatic carbocycles. The van der Waals surface area contributed by atoms with Crippen molar-refractivity contribution in [3.05, 3.63) is 75.7 Å². The van der Waals surface area contributed by atoms with Gasteiger partial charge in [0.25, 0.3) is 0 Å². The van der Waals surface area contributed by atoms with Gasteiger partial charge in [-0.25, -0.2) is 13.2 Å². The highest BCUT2D eigenvalue weighted by atomic mass is 19.1. The van der Waals surface area contributed by atoms with Crippen LogP contribution in [0.1, 0.15) is 64.4 Å². The van der Waals surface area contributed by atoms with E-state index >= 15 is 0 Å². The van der Waals surface area contributed by atoms with Crippen LogP contribution in [0.5, 0.6) is 0 Å². The molecule has 2 N–H and O–H groups in total. The van der Waals surface area contributed by atoms with Crippen LogP contribution in [0.2, 0.25) is 0 Å². The lowest BCUT2D eigenvalue weighted by molar-refractivity contribution is 0.0929. The average Bonchev–Trinajstić information content (AvgIpc) is 3.37. The predicted molar refractivity (Wildman–Crippen MR) is 104 cm³/mol. The molecule has 0 amide bonds. The van der Waals surface area contributed by atoms with Crippen molar-refractivity contribution in [3.63, 3.8) is 0 Å². The number of nitrogens with one attached hydrogen (secondary N) is 1. The third-order valence-electron chi connectivity index (χ3n) is 6.29. The van der Waals surface area contributed by atoms with E-state index in [-0.39, 0.29) is 29.9 Å². The number of aliphatic hydroxyl groups is 1. The smallest absolute Gasteiger partial charge is 0.134 e. The highest BCUT2D eigenvalue weighted by Crippen LogP contribution is 2.49. The molecule has 0 bridgehead atoms. The first-order valence-corrected chi connectivity index (χ1v) is 9.84. The topological polar surface area (TPSA) is 72.7 Å². The first kappa shape index (κ1) is 18.9. The van der Waals surface area contributed by atoms with E-state index in [1.807, 2.05) is 12.1 Å². The van der Waals surface area contributed by atoms with Crippen molar-refractivity contribution in [3.8, 4) is 17.3 Å². The molecule has 1 aromatic heterocycles. The van der Waals surface area contributed by atoms with E-state index < -0.39 is 24.3 Å². The zero-order valence-corrected chi connectivity index (χ0v) is 15.9. The molecule has 3 aromatic rings. The maximum atomic E-state index is 14.6. The quantitative estimate of drug-likeness (QED) is 0.629. The Bertz CT molecular complexity index is 1170. The second kappa shape index (κ2) is 6.99. The first-order chi connectivity index (χ1) is 14.5. The maximum absolute atomic E-state index is 14.6. The number of aromatic amines is 1. The van der Waals surface area contributed by atoms with Crippen LogP contribution in [0, 0.1) is 17.1 Å². The first-order valence-electron chi connectivity index (χ1n) is 9.84. The summed E-state index contributed by atoms with van der Waals surface area (Å²) in [6, 6.07) is 9.64. The number of hydrogen-bond acceptors (Lipinski definition) is 3. The molecular formula is C23H18F3N3O. The molecule has 5 rings (SSSR count). The van der Waals surface area contributed by atoms with Gasteiger partial charge in [0.1, 0.15) is 24.3 Å². The Labute approximate surface area is 171 Å². The van der Waals surface area contributed by atoms with E-state index in [2.05, 4.69) is 10.2 Å². The summed E-state index contributed by atoms with van der Waals surface area (Å²) in [6.45, 7) is 0. The van der Waals surface area contributed by atoms with Gasteiger partial charge in [-0.1, -0.05) is 12.1 Å². The van der Waals surface area contributed by atoms with Gasteiger partial charge in [0.2, 0.25) is 0 Å². The van der Waals surface area contributed by atoms with Gasteiger partial charge < -0.3 is 5.11 Å². The fraction of sp³-hybridized carbons (Fsp3) is 0.304. The van der Waals surface area contributed by atoms with Crippen LogP contribution in [-0.4, -0.2) is 21.5 Å². The van der Waals surface area contributed by atoms with Gasteiger partial charge >= 0.3 is 0 Å². The van der Waals surface area contributed by atoms with Crippen molar-refractivity contribution in [2.45, 2.75) is 43.6 Å². The number of H-pyrrole nitrogens is 1. The monoisotopic (exact) mass is 409 g/mol. The number of nitriles is 1. The summed E-state index contributed by atoms with van der Waals surface area (Å²) < 4.78 is 43.2. The Balaban J connectivity index is 1.73. The number of aromatic nitrogens is 2. The van der Waals surface area contributed by atoms with E-state index in [4.69, 9.17) is 0 Å². The molecule has 4 atom stereocenters. The Morgan fingerprint density at radius 1 is 1.10 bits per heavy atom. The normalized spacial score (nSPS) is 24.9. The van der Waals surface area contributed by atoms with Crippen molar-refractivity contribution < 1.29 is 18.3 Å². The van der Waals surface area contributed by atoms with Crippen LogP contribution in [0.15, 0.2) is 36.5 Å². The highest BCUT2D eigenvalue weighted by molar-refractivity contribution is 5.69. The lowest BCUT2D eigenvalue weighted by atomic mass is 9.74. The third kappa shape index (κ3) is 2.75. The third-order valence-corrected chi connectivity index (χ3v) is 6.29. The van der Waals surface area contributed by atoms with Crippen LogP contribution in [0.4, 0.5) is 13.2 Å². The summed E-state index contributed by atoms with van der Waals surface area (Å²) in [5.41, 5.74) is 3.99. The van der Waals surface area contributed by atoms with Crippen molar-refractivity contribution in [2.75, 3.05) is 0 Å². The molecule has 4 nitrogen and oxygen atoms in total. The van der Waals surface area contributed by atoms with Gasteiger partial charge in [0.05, 0.1) is 17.3 Å². The van der Waals surface area contributed by atoms with Gasteiger partial charge in [0.15, 0.2) is 0 Å². The Morgan fingerprint density at radius 2 is 1.93 bits per heavy atom. The summed E-state index contributed by atoms with van der Waals surface area (Å²) in [4.78, 5) is 0. The SMILES string of the molecule is N#Cc1cc(F)cc2c1[C@@H](c1ccc(-c3ccn[nH]3)c3c1C[C@@H](F)[C@H]3O)CC[C@@H]2F. The number of benzene rings is 2. The summed E-state index contributed by atoms with van der Waals surface area (Å²) in [7, 11) is 0. The lowest BCUT2D eigenvalue weighted by Crippen LogP contribution is -2.17. The predicted octanol–water partition coefficient (Wildman–Crippen LogP) is 4.95. The second-order valence-electron chi connectivity index (χ2n) is 7.90. The van der Waals surface area contributed by atoms with E-state index in [0.29, 0.717) is 34.4 Å². The van der Waals surface area contributed by atoms with Crippen molar-refractivity contribution in [2.24, 2.45) is 0 Å². The van der Waals surface area contributed by atoms with E-state index in [9.17, 15) is 23.5 Å². The number of fused-ring (bicyclic) bond motifs is 2. The standard InChI is InChI=1S/C23H18F3N3O/c24-12-7-11(10-27)21-14(3-4-18(25)17(21)8-12)13-1-2-15(20-5-6-28-29-20)22-16(13)9-19(26)23(22)30/h1-2,5-8,14,18-19,23,30H,3-4,9H2,(H,28,29)/t14-,18+,19-,23-/m1/s1. The van der Waals surface area contributed by atoms with Crippen LogP contribution < -0.4 is 0 Å². The zero-order valence-electron chi connectivity index (χ0n) is 15.9. The molecule has 0 fully saturated rings. The summed E-state index contributed by atoms with van der Waals surface area (Å²) >= 11 is 0. The zero-order chi connectivity index (χ0) is 21.0. The molecule has 0 saturated carbocycles. The number of alkyl halides is 2. The minimum atomic E-state index is -1.46. The van der Waals surface area contributed by atoms with Gasteiger partial charge in [-0.05, 0) is 58.9 Å². The summed E-state index contributed by atoms with van der Waals surface area (Å²) in [5.74, 6) is -1.02. The van der Waals surface area contributed by atoms with E-state index in [0.717, 1.165) is 17.7 Å². The largest absolute Gasteiger partial charge is 0.385 e. The van der Waals surface area contributed by atoms with Crippen LogP contribution in [-0.2, 0) is 6.42 Å². The van der Waals surface area contributed by atoms with Gasteiger partial charge in [-0.2, -0.15) is 10.4 Å². The maximum Gasteiger partial charge on any atom is 0.134 e. The van der Waals surface area contributed by atoms with Crippen LogP contribution in [0.3, 0.4) is 0 Å². The molecule has 0 radical (unpaired) electrons. The van der Waals surface area contributed by atoms with Crippen molar-refractivity contribution >= 4 is 0 Å². The number of hydrogen-bond donors (Lipinski definition) is 2. The minimum absolute atomic E-state index is 0.0295. The minimum Gasteiger partial charge on any atom is -0.385 e. The number of nitrogens with zero attached hydrogens (tertiary/aromatic N) is 2. The summed E-state index contributed by atoms with van der Waals surface area (Å²) in [5, 5.41) is 26.9. The van der Waals surface area contributed by atoms with E-state index in [1.165, 1.54) is 0 Å². The molecule has 0 spiro atoms. The molecule has 2 aromatic carbocycles. The average molecular weight is 409 g/mol. The number of rotatable bonds is 2. The molecule has 30 heavy (non-hydrogen) atoms. The Kier molecular flexibility index (Phi) is 4.40. The van der Waals surface area contributed by atoms with Crippen LogP contribution in [0.25, 0.3) is 11.3 Å².